The van der Waals surface area contributed by atoms with Gasteiger partial charge in [-0.25, -0.2) is 0 Å². The van der Waals surface area contributed by atoms with Crippen LogP contribution in [0.15, 0.2) is 18.5 Å². The van der Waals surface area contributed by atoms with E-state index in [0.717, 1.165) is 25.4 Å². The molecular weight excluding hydrogens is 237 g/mol. The fraction of sp³-hybridized carbons (Fsp3) is 0.300. The Kier molecular flexibility index (Phi) is 3.82. The lowest BCUT2D eigenvalue weighted by Gasteiger charge is -2.11. The van der Waals surface area contributed by atoms with E-state index in [2.05, 4.69) is 4.98 Å². The van der Waals surface area contributed by atoms with Gasteiger partial charge < -0.3 is 0 Å². The number of alkyl halides is 3. The molecule has 0 bridgehead atoms. The monoisotopic (exact) mass is 246 g/mol. The summed E-state index contributed by atoms with van der Waals surface area (Å²) in [6.45, 7) is 1.10. The van der Waals surface area contributed by atoms with Crippen molar-refractivity contribution in [1.29, 1.82) is 0 Å². The molecule has 0 radical (unpaired) electrons. The first-order chi connectivity index (χ1) is 7.80. The fourth-order valence-corrected chi connectivity index (χ4v) is 1.26. The predicted molar refractivity (Wildman–Crippen MR) is 51.8 cm³/mol. The van der Waals surface area contributed by atoms with Crippen molar-refractivity contribution in [2.24, 2.45) is 0 Å². The van der Waals surface area contributed by atoms with Crippen molar-refractivity contribution in [3.05, 3.63) is 29.6 Å². The van der Waals surface area contributed by atoms with Gasteiger partial charge in [-0.1, -0.05) is 0 Å². The Bertz CT molecular complexity index is 443. The summed E-state index contributed by atoms with van der Waals surface area (Å²) < 4.78 is 37.6. The number of aromatic nitrogens is 1. The summed E-state index contributed by atoms with van der Waals surface area (Å²) in [4.78, 5) is 25.3. The van der Waals surface area contributed by atoms with E-state index in [9.17, 15) is 22.8 Å². The second-order valence-electron chi connectivity index (χ2n) is 3.31. The van der Waals surface area contributed by atoms with Gasteiger partial charge in [0.15, 0.2) is 0 Å². The number of amides is 2. The highest BCUT2D eigenvalue weighted by Crippen LogP contribution is 2.31. The SMILES string of the molecule is CC(=O)NC(=O)Cc1cnccc1C(F)(F)F. The number of nitrogens with one attached hydrogen (secondary N) is 1. The van der Waals surface area contributed by atoms with Crippen LogP contribution in [0, 0.1) is 0 Å². The Hall–Kier alpha value is -1.92. The van der Waals surface area contributed by atoms with Gasteiger partial charge in [0.1, 0.15) is 0 Å². The molecule has 0 aliphatic heterocycles. The van der Waals surface area contributed by atoms with Crippen LogP contribution >= 0.6 is 0 Å². The Labute approximate surface area is 94.8 Å². The summed E-state index contributed by atoms with van der Waals surface area (Å²) in [5.41, 5.74) is -1.19. The van der Waals surface area contributed by atoms with E-state index >= 15 is 0 Å². The van der Waals surface area contributed by atoms with Gasteiger partial charge >= 0.3 is 6.18 Å². The van der Waals surface area contributed by atoms with E-state index in [1.807, 2.05) is 5.32 Å². The highest BCUT2D eigenvalue weighted by Gasteiger charge is 2.33. The Morgan fingerprint density at radius 2 is 2.06 bits per heavy atom. The molecule has 0 saturated carbocycles. The maximum Gasteiger partial charge on any atom is 0.416 e. The third kappa shape index (κ3) is 3.86. The van der Waals surface area contributed by atoms with Crippen molar-refractivity contribution >= 4 is 11.8 Å². The summed E-state index contributed by atoms with van der Waals surface area (Å²) in [6.07, 6.45) is -3.13. The van der Waals surface area contributed by atoms with E-state index in [1.54, 1.807) is 0 Å². The normalized spacial score (nSPS) is 11.1. The smallest absolute Gasteiger partial charge is 0.296 e. The number of nitrogens with zero attached hydrogens (tertiary/aromatic N) is 1. The standard InChI is InChI=1S/C10H9F3N2O2/c1-6(16)15-9(17)4-7-5-14-3-2-8(7)10(11,12)13/h2-3,5H,4H2,1H3,(H,15,16,17). The van der Waals surface area contributed by atoms with Crippen molar-refractivity contribution in [2.45, 2.75) is 19.5 Å². The highest BCUT2D eigenvalue weighted by atomic mass is 19.4. The lowest BCUT2D eigenvalue weighted by atomic mass is 10.1. The molecule has 92 valence electrons. The van der Waals surface area contributed by atoms with E-state index in [0.29, 0.717) is 0 Å². The topological polar surface area (TPSA) is 59.1 Å². The van der Waals surface area contributed by atoms with Crippen LogP contribution in [-0.4, -0.2) is 16.8 Å². The van der Waals surface area contributed by atoms with Gasteiger partial charge in [0.25, 0.3) is 0 Å². The lowest BCUT2D eigenvalue weighted by molar-refractivity contribution is -0.138. The van der Waals surface area contributed by atoms with E-state index in [1.165, 1.54) is 0 Å². The van der Waals surface area contributed by atoms with Crippen LogP contribution in [0.2, 0.25) is 0 Å². The molecule has 0 atom stereocenters. The highest BCUT2D eigenvalue weighted by molar-refractivity contribution is 5.95. The maximum absolute atomic E-state index is 12.5. The average molecular weight is 246 g/mol. The van der Waals surface area contributed by atoms with Crippen LogP contribution in [0.3, 0.4) is 0 Å². The van der Waals surface area contributed by atoms with E-state index in [-0.39, 0.29) is 5.56 Å². The van der Waals surface area contributed by atoms with Crippen LogP contribution < -0.4 is 5.32 Å². The summed E-state index contributed by atoms with van der Waals surface area (Å²) >= 11 is 0. The Morgan fingerprint density at radius 3 is 2.59 bits per heavy atom. The van der Waals surface area contributed by atoms with Crippen LogP contribution in [0.4, 0.5) is 13.2 Å². The molecule has 0 unspecified atom stereocenters. The zero-order valence-electron chi connectivity index (χ0n) is 8.84. The maximum atomic E-state index is 12.5. The summed E-state index contributed by atoms with van der Waals surface area (Å²) in [6, 6.07) is 0.788. The number of hydrogen-bond donors (Lipinski definition) is 1. The minimum absolute atomic E-state index is 0.265. The van der Waals surface area contributed by atoms with Crippen LogP contribution in [0.5, 0.6) is 0 Å². The van der Waals surface area contributed by atoms with Gasteiger partial charge in [0, 0.05) is 19.3 Å². The first kappa shape index (κ1) is 13.1. The molecule has 1 N–H and O–H groups in total. The van der Waals surface area contributed by atoms with Gasteiger partial charge in [-0.15, -0.1) is 0 Å². The zero-order chi connectivity index (χ0) is 13.1. The minimum atomic E-state index is -4.55. The summed E-state index contributed by atoms with van der Waals surface area (Å²) in [5.74, 6) is -1.41. The van der Waals surface area contributed by atoms with Crippen LogP contribution in [0.25, 0.3) is 0 Å². The fourth-order valence-electron chi connectivity index (χ4n) is 1.26. The summed E-state index contributed by atoms with van der Waals surface area (Å²) in [5, 5.41) is 1.90. The Morgan fingerprint density at radius 1 is 1.41 bits per heavy atom. The van der Waals surface area contributed by atoms with Crippen LogP contribution in [-0.2, 0) is 22.2 Å². The third-order valence-electron chi connectivity index (χ3n) is 1.88. The number of rotatable bonds is 2. The largest absolute Gasteiger partial charge is 0.416 e. The zero-order valence-corrected chi connectivity index (χ0v) is 8.84. The predicted octanol–water partition coefficient (Wildman–Crippen LogP) is 1.31. The van der Waals surface area contributed by atoms with Crippen molar-refractivity contribution in [3.8, 4) is 0 Å². The Balaban J connectivity index is 2.92. The molecule has 0 spiro atoms. The molecule has 17 heavy (non-hydrogen) atoms. The average Bonchev–Trinajstić information content (AvgIpc) is 2.15. The molecule has 1 heterocycles. The molecule has 0 saturated heterocycles. The van der Waals surface area contributed by atoms with Gasteiger partial charge in [0.05, 0.1) is 12.0 Å². The number of pyridine rings is 1. The van der Waals surface area contributed by atoms with Crippen molar-refractivity contribution in [1.82, 2.24) is 10.3 Å². The molecule has 1 aromatic heterocycles. The second kappa shape index (κ2) is 4.94. The van der Waals surface area contributed by atoms with Crippen molar-refractivity contribution in [3.63, 3.8) is 0 Å². The molecule has 0 aliphatic carbocycles. The minimum Gasteiger partial charge on any atom is -0.296 e. The molecule has 7 heteroatoms. The molecule has 2 amide bonds. The number of carbonyl (C=O) groups is 2. The molecule has 1 aromatic rings. The van der Waals surface area contributed by atoms with E-state index in [4.69, 9.17) is 0 Å². The van der Waals surface area contributed by atoms with Gasteiger partial charge in [-0.2, -0.15) is 13.2 Å². The number of carbonyl (C=O) groups excluding carboxylic acids is 2. The molecule has 0 aromatic carbocycles. The molecule has 0 fully saturated rings. The van der Waals surface area contributed by atoms with Gasteiger partial charge in [-0.3, -0.25) is 19.9 Å². The number of imide groups is 1. The van der Waals surface area contributed by atoms with E-state index < -0.39 is 30.0 Å². The third-order valence-corrected chi connectivity index (χ3v) is 1.88. The first-order valence-corrected chi connectivity index (χ1v) is 4.61. The van der Waals surface area contributed by atoms with Gasteiger partial charge in [0.2, 0.25) is 11.8 Å². The van der Waals surface area contributed by atoms with Crippen molar-refractivity contribution < 1.29 is 22.8 Å². The van der Waals surface area contributed by atoms with Gasteiger partial charge in [-0.05, 0) is 11.6 Å². The first-order valence-electron chi connectivity index (χ1n) is 4.61. The molecule has 0 aliphatic rings. The summed E-state index contributed by atoms with van der Waals surface area (Å²) in [7, 11) is 0. The second-order valence-corrected chi connectivity index (χ2v) is 3.31. The lowest BCUT2D eigenvalue weighted by Crippen LogP contribution is -2.30. The van der Waals surface area contributed by atoms with Crippen LogP contribution in [0.1, 0.15) is 18.1 Å². The molecular formula is C10H9F3N2O2. The molecule has 1 rings (SSSR count). The quantitative estimate of drug-likeness (QED) is 0.855. The number of hydrogen-bond acceptors (Lipinski definition) is 3. The molecule has 4 nitrogen and oxygen atoms in total. The van der Waals surface area contributed by atoms with Crippen molar-refractivity contribution in [2.75, 3.05) is 0 Å². The number of halogens is 3.